The molecule has 0 aromatic heterocycles. The molecule has 6 unspecified atom stereocenters. The Morgan fingerprint density at radius 1 is 0.611 bits per heavy atom. The van der Waals surface area contributed by atoms with Crippen LogP contribution in [-0.4, -0.2) is 0 Å². The average molecular weight is 252 g/mol. The molecule has 108 valence electrons. The third-order valence-electron chi connectivity index (χ3n) is 5.74. The van der Waals surface area contributed by atoms with Gasteiger partial charge in [0.05, 0.1) is 0 Å². The van der Waals surface area contributed by atoms with Gasteiger partial charge in [-0.05, 0) is 61.2 Å². The molecule has 0 aromatic rings. The monoisotopic (exact) mass is 252 g/mol. The van der Waals surface area contributed by atoms with Crippen LogP contribution >= 0.6 is 0 Å². The predicted molar refractivity (Wildman–Crippen MR) is 82.7 cm³/mol. The van der Waals surface area contributed by atoms with Gasteiger partial charge in [-0.1, -0.05) is 54.4 Å². The van der Waals surface area contributed by atoms with E-state index in [2.05, 4.69) is 13.8 Å². The summed E-state index contributed by atoms with van der Waals surface area (Å²) in [6, 6.07) is 0. The molecule has 0 aliphatic heterocycles. The van der Waals surface area contributed by atoms with Crippen molar-refractivity contribution in [3.63, 3.8) is 0 Å². The van der Waals surface area contributed by atoms with Crippen LogP contribution in [0.5, 0.6) is 0 Å². The van der Waals surface area contributed by atoms with Crippen molar-refractivity contribution in [3.05, 3.63) is 0 Å². The first kappa shape index (κ1) is 16.1. The third kappa shape index (κ3) is 2.94. The Hall–Kier alpha value is 0. The molecule has 0 radical (unpaired) electrons. The predicted octanol–water partition coefficient (Wildman–Crippen LogP) is 6.16. The average Bonchev–Trinajstić information content (AvgIpc) is 2.99. The minimum absolute atomic E-state index is 1.03. The van der Waals surface area contributed by atoms with Gasteiger partial charge in [0, 0.05) is 0 Å². The zero-order valence-electron chi connectivity index (χ0n) is 13.7. The van der Waals surface area contributed by atoms with Crippen molar-refractivity contribution in [1.82, 2.24) is 0 Å². The van der Waals surface area contributed by atoms with Crippen LogP contribution in [0.25, 0.3) is 0 Å². The van der Waals surface area contributed by atoms with Crippen LogP contribution in [-0.2, 0) is 0 Å². The lowest BCUT2D eigenvalue weighted by Crippen LogP contribution is -2.25. The summed E-state index contributed by atoms with van der Waals surface area (Å²) in [5.41, 5.74) is 0. The summed E-state index contributed by atoms with van der Waals surface area (Å²) in [5, 5.41) is 0. The first-order chi connectivity index (χ1) is 8.77. The van der Waals surface area contributed by atoms with Gasteiger partial charge in [-0.15, -0.1) is 0 Å². The number of rotatable bonds is 0. The summed E-state index contributed by atoms with van der Waals surface area (Å²) < 4.78 is 0. The highest BCUT2D eigenvalue weighted by Crippen LogP contribution is 2.58. The molecule has 0 N–H and O–H groups in total. The fourth-order valence-corrected chi connectivity index (χ4v) is 5.10. The Bertz CT molecular complexity index is 220. The standard InChI is InChI=1S/C14H24.2C2H6/c1-9-6-7-13-12-5-3-4-11(12)10(2)14(13)8-9;2*1-2/h9-14H,3-8H2,1-2H3;2*1-2H3. The highest BCUT2D eigenvalue weighted by Gasteiger charge is 2.50. The van der Waals surface area contributed by atoms with E-state index in [0.717, 1.165) is 35.5 Å². The summed E-state index contributed by atoms with van der Waals surface area (Å²) in [5.74, 6) is 6.65. The summed E-state index contributed by atoms with van der Waals surface area (Å²) in [6.07, 6.45) is 9.32. The topological polar surface area (TPSA) is 0 Å². The molecule has 3 rings (SSSR count). The minimum Gasteiger partial charge on any atom is -0.0683 e. The van der Waals surface area contributed by atoms with E-state index in [1.807, 2.05) is 27.7 Å². The van der Waals surface area contributed by atoms with Crippen molar-refractivity contribution >= 4 is 0 Å². The van der Waals surface area contributed by atoms with E-state index >= 15 is 0 Å². The largest absolute Gasteiger partial charge is 0.0683 e. The molecular formula is C18H36. The number of hydrogen-bond donors (Lipinski definition) is 0. The molecule has 0 bridgehead atoms. The van der Waals surface area contributed by atoms with Crippen LogP contribution in [0.4, 0.5) is 0 Å². The maximum Gasteiger partial charge on any atom is -0.0352 e. The van der Waals surface area contributed by atoms with Crippen molar-refractivity contribution in [2.24, 2.45) is 35.5 Å². The van der Waals surface area contributed by atoms with Gasteiger partial charge in [-0.3, -0.25) is 0 Å². The van der Waals surface area contributed by atoms with E-state index < -0.39 is 0 Å². The lowest BCUT2D eigenvalue weighted by atomic mass is 9.72. The highest BCUT2D eigenvalue weighted by molar-refractivity contribution is 5.00. The molecule has 3 fully saturated rings. The van der Waals surface area contributed by atoms with E-state index in [-0.39, 0.29) is 0 Å². The van der Waals surface area contributed by atoms with Crippen LogP contribution in [0.3, 0.4) is 0 Å². The maximum atomic E-state index is 2.56. The Morgan fingerprint density at radius 2 is 1.17 bits per heavy atom. The van der Waals surface area contributed by atoms with E-state index in [0.29, 0.717) is 0 Å². The number of fused-ring (bicyclic) bond motifs is 3. The molecule has 0 spiro atoms. The van der Waals surface area contributed by atoms with Crippen LogP contribution < -0.4 is 0 Å². The molecule has 0 saturated heterocycles. The fraction of sp³-hybridized carbons (Fsp3) is 1.00. The lowest BCUT2D eigenvalue weighted by molar-refractivity contribution is 0.162. The first-order valence-corrected chi connectivity index (χ1v) is 8.77. The van der Waals surface area contributed by atoms with E-state index in [1.54, 1.807) is 32.1 Å². The van der Waals surface area contributed by atoms with Gasteiger partial charge in [0.25, 0.3) is 0 Å². The van der Waals surface area contributed by atoms with E-state index in [1.165, 1.54) is 6.42 Å². The van der Waals surface area contributed by atoms with Gasteiger partial charge in [-0.2, -0.15) is 0 Å². The Balaban J connectivity index is 0.000000371. The molecule has 0 aromatic carbocycles. The van der Waals surface area contributed by atoms with Crippen molar-refractivity contribution < 1.29 is 0 Å². The van der Waals surface area contributed by atoms with Crippen LogP contribution in [0, 0.1) is 35.5 Å². The SMILES string of the molecule is CC.CC.CC1CCC2C(C1)C(C)C1CCCC12. The first-order valence-electron chi connectivity index (χ1n) is 8.77. The molecule has 0 heterocycles. The second kappa shape index (κ2) is 7.56. The molecular weight excluding hydrogens is 216 g/mol. The van der Waals surface area contributed by atoms with Gasteiger partial charge in [-0.25, -0.2) is 0 Å². The summed E-state index contributed by atoms with van der Waals surface area (Å²) in [7, 11) is 0. The lowest BCUT2D eigenvalue weighted by Gasteiger charge is -2.34. The molecule has 3 saturated carbocycles. The Kier molecular flexibility index (Phi) is 6.74. The maximum absolute atomic E-state index is 2.56. The van der Waals surface area contributed by atoms with Crippen molar-refractivity contribution in [2.75, 3.05) is 0 Å². The van der Waals surface area contributed by atoms with Gasteiger partial charge in [0.15, 0.2) is 0 Å². The summed E-state index contributed by atoms with van der Waals surface area (Å²) in [4.78, 5) is 0. The third-order valence-corrected chi connectivity index (χ3v) is 5.74. The smallest absolute Gasteiger partial charge is 0.0352 e. The number of hydrogen-bond acceptors (Lipinski definition) is 0. The second-order valence-corrected chi connectivity index (χ2v) is 6.36. The molecule has 6 atom stereocenters. The zero-order chi connectivity index (χ0) is 13.7. The minimum atomic E-state index is 1.03. The molecule has 0 amide bonds. The van der Waals surface area contributed by atoms with Crippen LogP contribution in [0.15, 0.2) is 0 Å². The van der Waals surface area contributed by atoms with E-state index in [4.69, 9.17) is 0 Å². The molecule has 18 heavy (non-hydrogen) atoms. The fourth-order valence-electron chi connectivity index (χ4n) is 5.10. The van der Waals surface area contributed by atoms with Crippen molar-refractivity contribution in [3.8, 4) is 0 Å². The second-order valence-electron chi connectivity index (χ2n) is 6.36. The van der Waals surface area contributed by atoms with Crippen LogP contribution in [0.2, 0.25) is 0 Å². The van der Waals surface area contributed by atoms with Crippen molar-refractivity contribution in [2.45, 2.75) is 80.1 Å². The molecule has 0 heteroatoms. The Labute approximate surface area is 116 Å². The normalized spacial score (nSPS) is 45.0. The molecule has 0 nitrogen and oxygen atoms in total. The van der Waals surface area contributed by atoms with Crippen LogP contribution in [0.1, 0.15) is 80.1 Å². The highest BCUT2D eigenvalue weighted by atomic mass is 14.6. The van der Waals surface area contributed by atoms with Crippen molar-refractivity contribution in [1.29, 1.82) is 0 Å². The van der Waals surface area contributed by atoms with Gasteiger partial charge in [0.2, 0.25) is 0 Å². The van der Waals surface area contributed by atoms with Gasteiger partial charge >= 0.3 is 0 Å². The Morgan fingerprint density at radius 3 is 1.83 bits per heavy atom. The van der Waals surface area contributed by atoms with Gasteiger partial charge < -0.3 is 0 Å². The molecule has 3 aliphatic carbocycles. The quantitative estimate of drug-likeness (QED) is 0.484. The van der Waals surface area contributed by atoms with Gasteiger partial charge in [0.1, 0.15) is 0 Å². The summed E-state index contributed by atoms with van der Waals surface area (Å²) in [6.45, 7) is 13.0. The van der Waals surface area contributed by atoms with E-state index in [9.17, 15) is 0 Å². The summed E-state index contributed by atoms with van der Waals surface area (Å²) >= 11 is 0. The molecule has 3 aliphatic rings. The zero-order valence-corrected chi connectivity index (χ0v) is 13.7.